The lowest BCUT2D eigenvalue weighted by molar-refractivity contribution is -0.146. The minimum absolute atomic E-state index is 0.0619. The number of ether oxygens (including phenoxy) is 11. The van der Waals surface area contributed by atoms with Crippen molar-refractivity contribution in [3.8, 4) is 0 Å². The first-order valence-corrected chi connectivity index (χ1v) is 15.8. The van der Waals surface area contributed by atoms with Gasteiger partial charge in [0.05, 0.1) is 126 Å². The molecule has 0 bridgehead atoms. The van der Waals surface area contributed by atoms with E-state index in [2.05, 4.69) is 6.92 Å². The van der Waals surface area contributed by atoms with Gasteiger partial charge in [-0.1, -0.05) is 13.3 Å². The zero-order chi connectivity index (χ0) is 32.0. The summed E-state index contributed by atoms with van der Waals surface area (Å²) in [4.78, 5) is 21.9. The van der Waals surface area contributed by atoms with Crippen LogP contribution in [0.3, 0.4) is 0 Å². The highest BCUT2D eigenvalue weighted by molar-refractivity contribution is 5.69. The summed E-state index contributed by atoms with van der Waals surface area (Å²) in [6.07, 6.45) is 3.47. The van der Waals surface area contributed by atoms with Crippen LogP contribution in [0.2, 0.25) is 0 Å². The predicted octanol–water partition coefficient (Wildman–Crippen LogP) is 2.14. The lowest BCUT2D eigenvalue weighted by atomic mass is 10.2. The number of hydrogen-bond acceptors (Lipinski definition) is 13. The third-order valence-electron chi connectivity index (χ3n) is 5.50. The number of rotatable bonds is 38. The fraction of sp³-hybridized carbons (Fsp3) is 0.933. The van der Waals surface area contributed by atoms with Crippen molar-refractivity contribution in [1.82, 2.24) is 0 Å². The summed E-state index contributed by atoms with van der Waals surface area (Å²) in [6.45, 7) is 12.4. The average Bonchev–Trinajstić information content (AvgIpc) is 3.01. The predicted molar refractivity (Wildman–Crippen MR) is 160 cm³/mol. The van der Waals surface area contributed by atoms with E-state index >= 15 is 0 Å². The first-order valence-electron chi connectivity index (χ1n) is 15.8. The van der Waals surface area contributed by atoms with Gasteiger partial charge in [-0.05, 0) is 19.3 Å². The van der Waals surface area contributed by atoms with Crippen molar-refractivity contribution in [2.75, 3.05) is 139 Å². The largest absolute Gasteiger partial charge is 0.481 e. The SMILES string of the molecule is CCCCOCCOCCOCCOCCOCCOCCOCCOCCOCCOCCOC(=O)CCCCC(=O)O. The van der Waals surface area contributed by atoms with Crippen LogP contribution < -0.4 is 0 Å². The number of carboxylic acid groups (broad SMARTS) is 1. The van der Waals surface area contributed by atoms with Crippen LogP contribution in [0.1, 0.15) is 45.4 Å². The molecule has 14 nitrogen and oxygen atoms in total. The van der Waals surface area contributed by atoms with Gasteiger partial charge in [0.2, 0.25) is 0 Å². The standard InChI is InChI=1S/C30H58O14/c1-2-3-8-34-9-10-35-11-12-36-13-14-37-15-16-38-17-18-39-19-20-40-21-22-41-23-24-42-25-26-43-27-28-44-30(33)7-5-4-6-29(31)32/h2-28H2,1H3,(H,31,32). The summed E-state index contributed by atoms with van der Waals surface area (Å²) in [5.74, 6) is -1.21. The topological polar surface area (TPSA) is 156 Å². The quantitative estimate of drug-likeness (QED) is 0.0772. The molecule has 0 atom stereocenters. The fourth-order valence-corrected chi connectivity index (χ4v) is 3.16. The molecule has 0 aromatic heterocycles. The number of aliphatic carboxylic acids is 1. The molecule has 0 aliphatic rings. The van der Waals surface area contributed by atoms with E-state index in [0.29, 0.717) is 132 Å². The van der Waals surface area contributed by atoms with E-state index in [4.69, 9.17) is 57.2 Å². The van der Waals surface area contributed by atoms with Crippen LogP contribution in [0.15, 0.2) is 0 Å². The van der Waals surface area contributed by atoms with Gasteiger partial charge in [-0.25, -0.2) is 0 Å². The number of esters is 1. The zero-order valence-corrected chi connectivity index (χ0v) is 26.8. The van der Waals surface area contributed by atoms with E-state index in [0.717, 1.165) is 19.4 Å². The second-order valence-electron chi connectivity index (χ2n) is 9.30. The van der Waals surface area contributed by atoms with Crippen molar-refractivity contribution in [2.45, 2.75) is 45.4 Å². The summed E-state index contributed by atoms with van der Waals surface area (Å²) >= 11 is 0. The second kappa shape index (κ2) is 37.7. The molecule has 0 aromatic carbocycles. The van der Waals surface area contributed by atoms with E-state index in [1.54, 1.807) is 0 Å². The average molecular weight is 643 g/mol. The highest BCUT2D eigenvalue weighted by Crippen LogP contribution is 2.01. The molecule has 262 valence electrons. The summed E-state index contributed by atoms with van der Waals surface area (Å²) in [5.41, 5.74) is 0. The Balaban J connectivity index is 3.09. The molecule has 14 heteroatoms. The third-order valence-corrected chi connectivity index (χ3v) is 5.50. The van der Waals surface area contributed by atoms with Gasteiger partial charge in [-0.3, -0.25) is 9.59 Å². The lowest BCUT2D eigenvalue weighted by Gasteiger charge is -2.09. The molecule has 0 amide bonds. The van der Waals surface area contributed by atoms with Crippen LogP contribution in [-0.4, -0.2) is 156 Å². The Morgan fingerprint density at radius 2 is 0.659 bits per heavy atom. The van der Waals surface area contributed by atoms with E-state index in [-0.39, 0.29) is 32.0 Å². The lowest BCUT2D eigenvalue weighted by Crippen LogP contribution is -2.15. The maximum Gasteiger partial charge on any atom is 0.305 e. The minimum atomic E-state index is -0.861. The third kappa shape index (κ3) is 38.6. The van der Waals surface area contributed by atoms with Gasteiger partial charge >= 0.3 is 11.9 Å². The summed E-state index contributed by atoms with van der Waals surface area (Å²) in [7, 11) is 0. The Morgan fingerprint density at radius 3 is 0.955 bits per heavy atom. The Kier molecular flexibility index (Phi) is 36.5. The van der Waals surface area contributed by atoms with Crippen LogP contribution in [0.5, 0.6) is 0 Å². The smallest absolute Gasteiger partial charge is 0.305 e. The molecule has 0 aliphatic heterocycles. The van der Waals surface area contributed by atoms with Crippen molar-refractivity contribution in [1.29, 1.82) is 0 Å². The van der Waals surface area contributed by atoms with E-state index in [9.17, 15) is 9.59 Å². The molecule has 0 aliphatic carbocycles. The van der Waals surface area contributed by atoms with Gasteiger partial charge in [0.1, 0.15) is 6.61 Å². The Labute approximate surface area is 263 Å². The maximum absolute atomic E-state index is 11.5. The highest BCUT2D eigenvalue weighted by Gasteiger charge is 2.04. The number of carbonyl (C=O) groups is 2. The summed E-state index contributed by atoms with van der Waals surface area (Å²) in [5, 5.41) is 8.54. The first kappa shape index (κ1) is 42.5. The molecular weight excluding hydrogens is 584 g/mol. The maximum atomic E-state index is 11.5. The van der Waals surface area contributed by atoms with Gasteiger partial charge in [-0.15, -0.1) is 0 Å². The van der Waals surface area contributed by atoms with Gasteiger partial charge in [0, 0.05) is 19.4 Å². The Hall–Kier alpha value is -1.46. The molecular formula is C30H58O14. The van der Waals surface area contributed by atoms with Crippen molar-refractivity contribution in [3.63, 3.8) is 0 Å². The highest BCUT2D eigenvalue weighted by atomic mass is 16.6. The number of carbonyl (C=O) groups excluding carboxylic acids is 1. The molecule has 0 fully saturated rings. The molecule has 0 rings (SSSR count). The van der Waals surface area contributed by atoms with E-state index < -0.39 is 5.97 Å². The second-order valence-corrected chi connectivity index (χ2v) is 9.30. The fourth-order valence-electron chi connectivity index (χ4n) is 3.16. The van der Waals surface area contributed by atoms with E-state index in [1.165, 1.54) is 0 Å². The molecule has 0 saturated carbocycles. The Morgan fingerprint density at radius 1 is 0.386 bits per heavy atom. The van der Waals surface area contributed by atoms with Gasteiger partial charge in [0.25, 0.3) is 0 Å². The molecule has 0 saturated heterocycles. The molecule has 1 N–H and O–H groups in total. The van der Waals surface area contributed by atoms with Crippen LogP contribution in [0, 0.1) is 0 Å². The number of carboxylic acids is 1. The minimum Gasteiger partial charge on any atom is -0.481 e. The molecule has 0 spiro atoms. The molecule has 0 aromatic rings. The van der Waals surface area contributed by atoms with Crippen molar-refractivity contribution < 1.29 is 66.8 Å². The molecule has 0 heterocycles. The normalized spacial score (nSPS) is 11.3. The van der Waals surface area contributed by atoms with Crippen molar-refractivity contribution in [2.24, 2.45) is 0 Å². The molecule has 0 radical (unpaired) electrons. The zero-order valence-electron chi connectivity index (χ0n) is 26.8. The van der Waals surface area contributed by atoms with Gasteiger partial charge in [0.15, 0.2) is 0 Å². The number of hydrogen-bond donors (Lipinski definition) is 1. The van der Waals surface area contributed by atoms with Crippen LogP contribution in [0.25, 0.3) is 0 Å². The summed E-state index contributed by atoms with van der Waals surface area (Å²) < 4.78 is 59.3. The van der Waals surface area contributed by atoms with Crippen LogP contribution >= 0.6 is 0 Å². The van der Waals surface area contributed by atoms with Crippen LogP contribution in [0.4, 0.5) is 0 Å². The van der Waals surface area contributed by atoms with E-state index in [1.807, 2.05) is 0 Å². The molecule has 44 heavy (non-hydrogen) atoms. The Bertz CT molecular complexity index is 596. The van der Waals surface area contributed by atoms with Gasteiger partial charge in [-0.2, -0.15) is 0 Å². The van der Waals surface area contributed by atoms with Crippen LogP contribution in [-0.2, 0) is 61.7 Å². The van der Waals surface area contributed by atoms with Crippen molar-refractivity contribution in [3.05, 3.63) is 0 Å². The summed E-state index contributed by atoms with van der Waals surface area (Å²) in [6, 6.07) is 0. The monoisotopic (exact) mass is 642 g/mol. The first-order chi connectivity index (χ1) is 21.7. The van der Waals surface area contributed by atoms with Crippen molar-refractivity contribution >= 4 is 11.9 Å². The molecule has 0 unspecified atom stereocenters. The number of unbranched alkanes of at least 4 members (excludes halogenated alkanes) is 2. The van der Waals surface area contributed by atoms with Gasteiger partial charge < -0.3 is 57.2 Å².